The highest BCUT2D eigenvalue weighted by Gasteiger charge is 2.40. The summed E-state index contributed by atoms with van der Waals surface area (Å²) in [5.41, 5.74) is 4.98. The third-order valence-corrected chi connectivity index (χ3v) is 7.64. The topological polar surface area (TPSA) is 97.6 Å². The second-order valence-electron chi connectivity index (χ2n) is 9.20. The first-order chi connectivity index (χ1) is 17.4. The zero-order valence-corrected chi connectivity index (χ0v) is 23.1. The number of alkyl halides is 1. The molecule has 10 heteroatoms. The molecule has 0 radical (unpaired) electrons. The van der Waals surface area contributed by atoms with E-state index in [-0.39, 0.29) is 17.7 Å². The Bertz CT molecular complexity index is 1180. The van der Waals surface area contributed by atoms with Gasteiger partial charge in [0, 0.05) is 24.5 Å². The first-order valence-electron chi connectivity index (χ1n) is 12.1. The summed E-state index contributed by atoms with van der Waals surface area (Å²) in [6, 6.07) is 9.31. The van der Waals surface area contributed by atoms with E-state index in [0.717, 1.165) is 28.1 Å². The molecule has 1 aliphatic rings. The van der Waals surface area contributed by atoms with Crippen molar-refractivity contribution in [2.75, 3.05) is 18.5 Å². The van der Waals surface area contributed by atoms with Gasteiger partial charge in [-0.1, -0.05) is 54.0 Å². The van der Waals surface area contributed by atoms with Crippen molar-refractivity contribution >= 4 is 39.1 Å². The van der Waals surface area contributed by atoms with Crippen LogP contribution in [0.3, 0.4) is 0 Å². The van der Waals surface area contributed by atoms with E-state index in [1.54, 1.807) is 22.3 Å². The maximum Gasteiger partial charge on any atom is 0.254 e. The summed E-state index contributed by atoms with van der Waals surface area (Å²) in [4.78, 5) is 33.8. The maximum absolute atomic E-state index is 13.6. The van der Waals surface area contributed by atoms with E-state index in [0.29, 0.717) is 43.1 Å². The van der Waals surface area contributed by atoms with Gasteiger partial charge >= 0.3 is 0 Å². The molecule has 1 fully saturated rings. The van der Waals surface area contributed by atoms with Crippen molar-refractivity contribution in [2.45, 2.75) is 52.1 Å². The van der Waals surface area contributed by atoms with Crippen molar-refractivity contribution in [1.29, 1.82) is 0 Å². The van der Waals surface area contributed by atoms with Crippen LogP contribution in [0, 0.1) is 12.8 Å². The third kappa shape index (κ3) is 5.98. The number of aryl methyl sites for hydroxylation is 1. The highest BCUT2D eigenvalue weighted by Crippen LogP contribution is 2.32. The molecular formula is C26H31BrN4O4S. The number of benzene rings is 1. The van der Waals surface area contributed by atoms with Crippen LogP contribution < -0.4 is 10.1 Å². The van der Waals surface area contributed by atoms with Gasteiger partial charge in [0.15, 0.2) is 5.76 Å². The van der Waals surface area contributed by atoms with E-state index in [4.69, 9.17) is 9.26 Å². The fourth-order valence-corrected chi connectivity index (χ4v) is 5.48. The lowest BCUT2D eigenvalue weighted by Gasteiger charge is -2.28. The molecule has 8 nitrogen and oxygen atoms in total. The van der Waals surface area contributed by atoms with Crippen LogP contribution in [0.2, 0.25) is 0 Å². The number of amides is 2. The first kappa shape index (κ1) is 26.3. The van der Waals surface area contributed by atoms with Crippen molar-refractivity contribution in [3.63, 3.8) is 0 Å². The second-order valence-corrected chi connectivity index (χ2v) is 10.8. The summed E-state index contributed by atoms with van der Waals surface area (Å²) >= 11 is 4.93. The van der Waals surface area contributed by atoms with E-state index in [1.807, 2.05) is 50.5 Å². The normalized spacial score (nSPS) is 16.4. The molecule has 4 rings (SSSR count). The Hall–Kier alpha value is -2.72. The number of nitrogens with one attached hydrogen (secondary N) is 1. The standard InChI is InChI=1S/C26H31BrN4O4S/c1-16(2)23(21-13-22(30-35-21)34-12-10-27)26(33)31-11-4-5-20(31)25(32)28-14-18-6-8-19(9-7-18)24-17(3)29-15-36-24/h6-9,13,15-16,20,23H,4-5,10-12,14H2,1-3H3,(H,28,32)/t20-,23?/m0/s1. The van der Waals surface area contributed by atoms with Crippen molar-refractivity contribution in [3.05, 3.63) is 52.9 Å². The van der Waals surface area contributed by atoms with E-state index in [9.17, 15) is 9.59 Å². The smallest absolute Gasteiger partial charge is 0.254 e. The molecule has 1 aromatic carbocycles. The SMILES string of the molecule is Cc1ncsc1-c1ccc(CNC(=O)[C@@H]2CCCN2C(=O)C(c2cc(OCCBr)no2)C(C)C)cc1. The molecule has 2 amide bonds. The Morgan fingerprint density at radius 1 is 1.31 bits per heavy atom. The van der Waals surface area contributed by atoms with Gasteiger partial charge in [-0.25, -0.2) is 4.98 Å². The number of halogens is 1. The van der Waals surface area contributed by atoms with E-state index < -0.39 is 12.0 Å². The van der Waals surface area contributed by atoms with Crippen LogP contribution in [0.5, 0.6) is 5.88 Å². The molecule has 0 bridgehead atoms. The van der Waals surface area contributed by atoms with Gasteiger partial charge < -0.3 is 19.5 Å². The number of thiazole rings is 1. The summed E-state index contributed by atoms with van der Waals surface area (Å²) in [6.07, 6.45) is 1.43. The fraction of sp³-hybridized carbons (Fsp3) is 0.462. The average Bonchev–Trinajstić information content (AvgIpc) is 3.63. The van der Waals surface area contributed by atoms with Crippen LogP contribution in [0.4, 0.5) is 0 Å². The molecule has 3 aromatic rings. The van der Waals surface area contributed by atoms with Crippen molar-refractivity contribution in [3.8, 4) is 16.3 Å². The monoisotopic (exact) mass is 574 g/mol. The summed E-state index contributed by atoms with van der Waals surface area (Å²) in [7, 11) is 0. The molecule has 2 aromatic heterocycles. The van der Waals surface area contributed by atoms with Crippen LogP contribution >= 0.6 is 27.3 Å². The highest BCUT2D eigenvalue weighted by molar-refractivity contribution is 9.09. The molecule has 2 atom stereocenters. The molecule has 3 heterocycles. The molecule has 0 spiro atoms. The van der Waals surface area contributed by atoms with Gasteiger partial charge in [0.05, 0.1) is 22.7 Å². The Balaban J connectivity index is 1.39. The minimum atomic E-state index is -0.532. The predicted molar refractivity (Wildman–Crippen MR) is 142 cm³/mol. The Morgan fingerprint density at radius 3 is 2.75 bits per heavy atom. The summed E-state index contributed by atoms with van der Waals surface area (Å²) in [5.74, 6) is 0.00579. The van der Waals surface area contributed by atoms with Crippen LogP contribution in [-0.2, 0) is 16.1 Å². The van der Waals surface area contributed by atoms with Gasteiger partial charge in [-0.05, 0) is 42.0 Å². The Kier molecular flexibility index (Phi) is 8.79. The molecule has 0 saturated carbocycles. The second kappa shape index (κ2) is 12.0. The third-order valence-electron chi connectivity index (χ3n) is 6.34. The number of likely N-dealkylation sites (tertiary alicyclic amines) is 1. The number of hydrogen-bond donors (Lipinski definition) is 1. The lowest BCUT2D eigenvalue weighted by Crippen LogP contribution is -2.47. The number of nitrogens with zero attached hydrogens (tertiary/aromatic N) is 3. The minimum Gasteiger partial charge on any atom is -0.475 e. The molecule has 1 N–H and O–H groups in total. The van der Waals surface area contributed by atoms with Crippen molar-refractivity contribution < 1.29 is 18.8 Å². The van der Waals surface area contributed by atoms with Crippen LogP contribution in [0.15, 0.2) is 40.4 Å². The lowest BCUT2D eigenvalue weighted by atomic mass is 9.91. The molecule has 0 aliphatic carbocycles. The number of aromatic nitrogens is 2. The summed E-state index contributed by atoms with van der Waals surface area (Å²) in [5, 5.41) is 7.63. The zero-order chi connectivity index (χ0) is 25.7. The Labute approximate surface area is 223 Å². The molecule has 1 saturated heterocycles. The molecule has 1 unspecified atom stereocenters. The van der Waals surface area contributed by atoms with Crippen LogP contribution in [0.25, 0.3) is 10.4 Å². The number of carbonyl (C=O) groups is 2. The molecule has 1 aliphatic heterocycles. The van der Waals surface area contributed by atoms with Crippen molar-refractivity contribution in [1.82, 2.24) is 20.4 Å². The van der Waals surface area contributed by atoms with Gasteiger partial charge in [0.2, 0.25) is 11.8 Å². The number of carbonyl (C=O) groups excluding carboxylic acids is 2. The molecular weight excluding hydrogens is 544 g/mol. The molecule has 36 heavy (non-hydrogen) atoms. The van der Waals surface area contributed by atoms with Gasteiger partial charge in [-0.2, -0.15) is 0 Å². The van der Waals surface area contributed by atoms with E-state index in [1.165, 1.54) is 0 Å². The molecule has 192 valence electrons. The summed E-state index contributed by atoms with van der Waals surface area (Å²) in [6.45, 7) is 7.33. The lowest BCUT2D eigenvalue weighted by molar-refractivity contribution is -0.140. The quantitative estimate of drug-likeness (QED) is 0.345. The van der Waals surface area contributed by atoms with Gasteiger partial charge in [0.25, 0.3) is 5.88 Å². The number of hydrogen-bond acceptors (Lipinski definition) is 7. The minimum absolute atomic E-state index is 0.0283. The number of rotatable bonds is 10. The predicted octanol–water partition coefficient (Wildman–Crippen LogP) is 4.93. The fourth-order valence-electron chi connectivity index (χ4n) is 4.51. The van der Waals surface area contributed by atoms with E-state index >= 15 is 0 Å². The summed E-state index contributed by atoms with van der Waals surface area (Å²) < 4.78 is 11.0. The van der Waals surface area contributed by atoms with Crippen LogP contribution in [-0.4, -0.2) is 51.4 Å². The number of ether oxygens (including phenoxy) is 1. The van der Waals surface area contributed by atoms with Gasteiger partial charge in [-0.3, -0.25) is 9.59 Å². The highest BCUT2D eigenvalue weighted by atomic mass is 79.9. The Morgan fingerprint density at radius 2 is 2.08 bits per heavy atom. The zero-order valence-electron chi connectivity index (χ0n) is 20.7. The maximum atomic E-state index is 13.6. The van der Waals surface area contributed by atoms with Gasteiger partial charge in [0.1, 0.15) is 12.0 Å². The first-order valence-corrected chi connectivity index (χ1v) is 14.1. The van der Waals surface area contributed by atoms with E-state index in [2.05, 4.69) is 31.4 Å². The van der Waals surface area contributed by atoms with Crippen molar-refractivity contribution in [2.24, 2.45) is 5.92 Å². The van der Waals surface area contributed by atoms with Crippen LogP contribution in [0.1, 0.15) is 49.6 Å². The van der Waals surface area contributed by atoms with Gasteiger partial charge in [-0.15, -0.1) is 11.3 Å². The average molecular weight is 576 g/mol. The largest absolute Gasteiger partial charge is 0.475 e.